The van der Waals surface area contributed by atoms with Gasteiger partial charge in [-0.1, -0.05) is 30.3 Å². The van der Waals surface area contributed by atoms with Crippen LogP contribution in [0.15, 0.2) is 30.3 Å². The molecule has 0 saturated carbocycles. The Hall–Kier alpha value is -3.51. The lowest BCUT2D eigenvalue weighted by Gasteiger charge is -2.24. The molecule has 4 atom stereocenters. The fourth-order valence-electron chi connectivity index (χ4n) is 2.48. The van der Waals surface area contributed by atoms with E-state index in [2.05, 4.69) is 16.0 Å². The highest BCUT2D eigenvalue weighted by atomic mass is 16.4. The third-order valence-corrected chi connectivity index (χ3v) is 4.22. The molecule has 0 heterocycles. The number of aliphatic carboxylic acids is 1. The SMILES string of the molecule is CC(NC(=O)C(CC(N)=O)NC(=O)C(Cc1ccccc1)NC(=O)C(N)CO)C(=O)O. The van der Waals surface area contributed by atoms with E-state index >= 15 is 0 Å². The van der Waals surface area contributed by atoms with E-state index < -0.39 is 66.8 Å². The van der Waals surface area contributed by atoms with Crippen molar-refractivity contribution < 1.29 is 34.2 Å². The minimum atomic E-state index is -1.46. The molecule has 31 heavy (non-hydrogen) atoms. The fourth-order valence-corrected chi connectivity index (χ4v) is 2.48. The van der Waals surface area contributed by atoms with Crippen molar-refractivity contribution in [2.45, 2.75) is 43.9 Å². The summed E-state index contributed by atoms with van der Waals surface area (Å²) in [5.74, 6) is -4.78. The van der Waals surface area contributed by atoms with Crippen LogP contribution in [0.5, 0.6) is 0 Å². The number of aliphatic hydroxyl groups is 1. The van der Waals surface area contributed by atoms with Crippen molar-refractivity contribution in [3.05, 3.63) is 35.9 Å². The number of nitrogens with one attached hydrogen (secondary N) is 3. The van der Waals surface area contributed by atoms with Gasteiger partial charge < -0.3 is 37.6 Å². The standard InChI is InChI=1S/C19H27N5O7/c1-10(19(30)31)22-17(28)14(8-15(21)26)24-18(29)13(23-16(27)12(20)9-25)7-11-5-3-2-4-6-11/h2-6,10,12-14,25H,7-9,20H2,1H3,(H2,21,26)(H,22,28)(H,23,27)(H,24,29)(H,30,31). The van der Waals surface area contributed by atoms with Crippen LogP contribution in [0.4, 0.5) is 0 Å². The molecule has 0 aromatic heterocycles. The fraction of sp³-hybridized carbons (Fsp3) is 0.421. The van der Waals surface area contributed by atoms with Gasteiger partial charge in [-0.05, 0) is 12.5 Å². The Morgan fingerprint density at radius 2 is 1.48 bits per heavy atom. The van der Waals surface area contributed by atoms with Crippen molar-refractivity contribution in [1.82, 2.24) is 16.0 Å². The van der Waals surface area contributed by atoms with E-state index in [0.717, 1.165) is 0 Å². The molecule has 1 aromatic rings. The van der Waals surface area contributed by atoms with Gasteiger partial charge in [0.15, 0.2) is 0 Å². The first-order valence-corrected chi connectivity index (χ1v) is 9.37. The van der Waals surface area contributed by atoms with E-state index in [1.54, 1.807) is 30.3 Å². The molecule has 0 aliphatic rings. The molecule has 0 aliphatic carbocycles. The van der Waals surface area contributed by atoms with Crippen molar-refractivity contribution in [1.29, 1.82) is 0 Å². The Labute approximate surface area is 178 Å². The smallest absolute Gasteiger partial charge is 0.325 e. The lowest BCUT2D eigenvalue weighted by Crippen LogP contribution is -2.58. The molecule has 0 spiro atoms. The number of carbonyl (C=O) groups is 5. The van der Waals surface area contributed by atoms with E-state index in [1.165, 1.54) is 6.92 Å². The summed E-state index contributed by atoms with van der Waals surface area (Å²) < 4.78 is 0. The summed E-state index contributed by atoms with van der Waals surface area (Å²) in [7, 11) is 0. The Morgan fingerprint density at radius 1 is 0.935 bits per heavy atom. The molecule has 0 radical (unpaired) electrons. The van der Waals surface area contributed by atoms with Gasteiger partial charge in [-0.15, -0.1) is 0 Å². The molecule has 4 unspecified atom stereocenters. The molecule has 0 bridgehead atoms. The van der Waals surface area contributed by atoms with E-state index in [9.17, 15) is 24.0 Å². The Balaban J connectivity index is 3.03. The number of hydrogen-bond acceptors (Lipinski definition) is 7. The van der Waals surface area contributed by atoms with E-state index in [1.807, 2.05) is 0 Å². The first kappa shape index (κ1) is 25.5. The minimum absolute atomic E-state index is 0.0208. The number of carbonyl (C=O) groups excluding carboxylic acids is 4. The van der Waals surface area contributed by atoms with Gasteiger partial charge in [-0.3, -0.25) is 24.0 Å². The van der Waals surface area contributed by atoms with Crippen molar-refractivity contribution in [2.75, 3.05) is 6.61 Å². The number of carboxylic acid groups (broad SMARTS) is 1. The van der Waals surface area contributed by atoms with Gasteiger partial charge in [0.05, 0.1) is 13.0 Å². The van der Waals surface area contributed by atoms with Crippen LogP contribution in [0.1, 0.15) is 18.9 Å². The van der Waals surface area contributed by atoms with Gasteiger partial charge in [-0.25, -0.2) is 0 Å². The average Bonchev–Trinajstić information content (AvgIpc) is 2.72. The number of rotatable bonds is 12. The van der Waals surface area contributed by atoms with Crippen LogP contribution in [-0.4, -0.2) is 70.6 Å². The van der Waals surface area contributed by atoms with Gasteiger partial charge >= 0.3 is 5.97 Å². The van der Waals surface area contributed by atoms with Crippen LogP contribution < -0.4 is 27.4 Å². The minimum Gasteiger partial charge on any atom is -0.480 e. The topological polar surface area (TPSA) is 214 Å². The molecular formula is C19H27N5O7. The predicted octanol–water partition coefficient (Wildman–Crippen LogP) is -3.02. The Morgan fingerprint density at radius 3 is 2.00 bits per heavy atom. The van der Waals surface area contributed by atoms with Crippen LogP contribution in [-0.2, 0) is 30.4 Å². The van der Waals surface area contributed by atoms with Crippen molar-refractivity contribution in [3.8, 4) is 0 Å². The first-order chi connectivity index (χ1) is 14.5. The molecule has 4 amide bonds. The molecule has 12 heteroatoms. The Bertz CT molecular complexity index is 802. The molecule has 0 fully saturated rings. The van der Waals surface area contributed by atoms with E-state index in [0.29, 0.717) is 5.56 Å². The number of aliphatic hydroxyl groups excluding tert-OH is 1. The number of amides is 4. The maximum Gasteiger partial charge on any atom is 0.325 e. The van der Waals surface area contributed by atoms with Gasteiger partial charge in [0.2, 0.25) is 23.6 Å². The monoisotopic (exact) mass is 437 g/mol. The molecule has 1 aromatic carbocycles. The zero-order chi connectivity index (χ0) is 23.6. The number of benzene rings is 1. The third kappa shape index (κ3) is 8.80. The average molecular weight is 437 g/mol. The molecule has 1 rings (SSSR count). The summed E-state index contributed by atoms with van der Waals surface area (Å²) in [5.41, 5.74) is 11.3. The second-order valence-corrected chi connectivity index (χ2v) is 6.84. The van der Waals surface area contributed by atoms with Gasteiger partial charge in [0.1, 0.15) is 24.2 Å². The van der Waals surface area contributed by atoms with Crippen molar-refractivity contribution >= 4 is 29.6 Å². The van der Waals surface area contributed by atoms with Gasteiger partial charge in [0, 0.05) is 6.42 Å². The molecule has 12 nitrogen and oxygen atoms in total. The zero-order valence-corrected chi connectivity index (χ0v) is 16.9. The molecule has 0 aliphatic heterocycles. The number of carboxylic acids is 1. The molecule has 0 saturated heterocycles. The zero-order valence-electron chi connectivity index (χ0n) is 16.9. The highest BCUT2D eigenvalue weighted by Gasteiger charge is 2.30. The molecule has 170 valence electrons. The number of nitrogens with two attached hydrogens (primary N) is 2. The number of primary amides is 1. The second kappa shape index (κ2) is 12.2. The van der Waals surface area contributed by atoms with E-state index in [4.69, 9.17) is 21.7 Å². The predicted molar refractivity (Wildman–Crippen MR) is 108 cm³/mol. The van der Waals surface area contributed by atoms with Crippen LogP contribution in [0.25, 0.3) is 0 Å². The largest absolute Gasteiger partial charge is 0.480 e. The maximum atomic E-state index is 12.8. The second-order valence-electron chi connectivity index (χ2n) is 6.84. The van der Waals surface area contributed by atoms with Gasteiger partial charge in [-0.2, -0.15) is 0 Å². The summed E-state index contributed by atoms with van der Waals surface area (Å²) in [6.07, 6.45) is -0.570. The number of hydrogen-bond donors (Lipinski definition) is 7. The van der Waals surface area contributed by atoms with E-state index in [-0.39, 0.29) is 6.42 Å². The van der Waals surface area contributed by atoms with Gasteiger partial charge in [0.25, 0.3) is 0 Å². The lowest BCUT2D eigenvalue weighted by molar-refractivity contribution is -0.142. The summed E-state index contributed by atoms with van der Waals surface area (Å²) in [5, 5.41) is 24.8. The third-order valence-electron chi connectivity index (χ3n) is 4.22. The summed E-state index contributed by atoms with van der Waals surface area (Å²) >= 11 is 0. The van der Waals surface area contributed by atoms with Crippen molar-refractivity contribution in [2.24, 2.45) is 11.5 Å². The van der Waals surface area contributed by atoms with Crippen LogP contribution in [0.2, 0.25) is 0 Å². The van der Waals surface area contributed by atoms with Crippen LogP contribution >= 0.6 is 0 Å². The quantitative estimate of drug-likeness (QED) is 0.178. The Kier molecular flexibility index (Phi) is 10.1. The summed E-state index contributed by atoms with van der Waals surface area (Å²) in [4.78, 5) is 59.6. The lowest BCUT2D eigenvalue weighted by atomic mass is 10.0. The highest BCUT2D eigenvalue weighted by molar-refractivity contribution is 5.96. The van der Waals surface area contributed by atoms with Crippen LogP contribution in [0.3, 0.4) is 0 Å². The maximum absolute atomic E-state index is 12.8. The normalized spacial score (nSPS) is 14.4. The van der Waals surface area contributed by atoms with Crippen molar-refractivity contribution in [3.63, 3.8) is 0 Å². The molecule has 9 N–H and O–H groups in total. The summed E-state index contributed by atoms with van der Waals surface area (Å²) in [6, 6.07) is 3.41. The molecular weight excluding hydrogens is 410 g/mol. The summed E-state index contributed by atoms with van der Waals surface area (Å²) in [6.45, 7) is 0.559. The van der Waals surface area contributed by atoms with Crippen LogP contribution in [0, 0.1) is 0 Å². The first-order valence-electron chi connectivity index (χ1n) is 9.37. The highest BCUT2D eigenvalue weighted by Crippen LogP contribution is 2.05.